The summed E-state index contributed by atoms with van der Waals surface area (Å²) >= 11 is 7.96. The summed E-state index contributed by atoms with van der Waals surface area (Å²) < 4.78 is 8.29. The van der Waals surface area contributed by atoms with Crippen LogP contribution in [0.25, 0.3) is 5.65 Å². The average molecular weight is 474 g/mol. The summed E-state index contributed by atoms with van der Waals surface area (Å²) in [5.74, 6) is 1.31. The van der Waals surface area contributed by atoms with Gasteiger partial charge >= 0.3 is 0 Å². The molecule has 2 aliphatic heterocycles. The van der Waals surface area contributed by atoms with E-state index >= 15 is 0 Å². The van der Waals surface area contributed by atoms with E-state index in [1.54, 1.807) is 12.3 Å². The van der Waals surface area contributed by atoms with Gasteiger partial charge < -0.3 is 21.1 Å². The molecular formula is C22H28ClN7OS. The second-order valence-corrected chi connectivity index (χ2v) is 10.9. The molecule has 1 spiro atoms. The van der Waals surface area contributed by atoms with Crippen molar-refractivity contribution in [2.75, 3.05) is 30.3 Å². The minimum Gasteiger partial charge on any atom is -0.384 e. The smallest absolute Gasteiger partial charge is 0.211 e. The third-order valence-corrected chi connectivity index (χ3v) is 8.38. The number of aryl methyl sites for hydroxylation is 1. The lowest BCUT2D eigenvalue weighted by atomic mass is 9.75. The molecule has 3 aromatic rings. The molecule has 2 aliphatic rings. The van der Waals surface area contributed by atoms with Gasteiger partial charge in [-0.25, -0.2) is 15.0 Å². The Bertz CT molecular complexity index is 1170. The van der Waals surface area contributed by atoms with E-state index in [1.807, 2.05) is 23.7 Å². The summed E-state index contributed by atoms with van der Waals surface area (Å²) in [6, 6.07) is 1.82. The summed E-state index contributed by atoms with van der Waals surface area (Å²) in [5.41, 5.74) is 13.8. The quantitative estimate of drug-likeness (QED) is 0.594. The third kappa shape index (κ3) is 3.51. The molecular weight excluding hydrogens is 446 g/mol. The summed E-state index contributed by atoms with van der Waals surface area (Å²) in [7, 11) is 0. The fraction of sp³-hybridized carbons (Fsp3) is 0.500. The second kappa shape index (κ2) is 7.76. The molecule has 0 aliphatic carbocycles. The second-order valence-electron chi connectivity index (χ2n) is 9.40. The highest BCUT2D eigenvalue weighted by Gasteiger charge is 2.53. The van der Waals surface area contributed by atoms with Crippen molar-refractivity contribution < 1.29 is 4.74 Å². The monoisotopic (exact) mass is 473 g/mol. The van der Waals surface area contributed by atoms with E-state index in [9.17, 15) is 0 Å². The van der Waals surface area contributed by atoms with Crippen LogP contribution in [0.3, 0.4) is 0 Å². The molecule has 0 radical (unpaired) electrons. The molecule has 2 saturated heterocycles. The molecule has 0 saturated carbocycles. The highest BCUT2D eigenvalue weighted by Crippen LogP contribution is 2.44. The van der Waals surface area contributed by atoms with Crippen molar-refractivity contribution in [3.8, 4) is 0 Å². The number of fused-ring (bicyclic) bond motifs is 1. The van der Waals surface area contributed by atoms with Crippen molar-refractivity contribution in [2.45, 2.75) is 55.0 Å². The van der Waals surface area contributed by atoms with Crippen molar-refractivity contribution in [2.24, 2.45) is 11.1 Å². The number of nitrogens with zero attached hydrogens (tertiary/aromatic N) is 5. The number of ether oxygens (including phenoxy) is 1. The Morgan fingerprint density at radius 1 is 1.22 bits per heavy atom. The molecule has 5 rings (SSSR count). The topological polar surface area (TPSA) is 108 Å². The van der Waals surface area contributed by atoms with Crippen molar-refractivity contribution in [1.29, 1.82) is 0 Å². The Hall–Kier alpha value is -2.07. The first-order valence-corrected chi connectivity index (χ1v) is 12.0. The molecule has 3 aromatic heterocycles. The number of rotatable bonds is 3. The van der Waals surface area contributed by atoms with Crippen LogP contribution in [0.2, 0.25) is 5.02 Å². The number of pyridine rings is 1. The number of piperidine rings is 1. The molecule has 8 nitrogen and oxygen atoms in total. The molecule has 10 heteroatoms. The van der Waals surface area contributed by atoms with E-state index in [2.05, 4.69) is 28.7 Å². The Balaban J connectivity index is 1.41. The van der Waals surface area contributed by atoms with Crippen LogP contribution in [-0.2, 0) is 4.74 Å². The zero-order valence-electron chi connectivity index (χ0n) is 18.5. The number of imidazole rings is 1. The Morgan fingerprint density at radius 2 is 1.97 bits per heavy atom. The van der Waals surface area contributed by atoms with Crippen LogP contribution in [0, 0.1) is 12.3 Å². The van der Waals surface area contributed by atoms with E-state index in [-0.39, 0.29) is 17.1 Å². The predicted octanol–water partition coefficient (Wildman–Crippen LogP) is 3.54. The Kier molecular flexibility index (Phi) is 5.28. The van der Waals surface area contributed by atoms with E-state index in [0.717, 1.165) is 47.3 Å². The number of hydrogen-bond donors (Lipinski definition) is 2. The first kappa shape index (κ1) is 21.8. The number of halogens is 1. The van der Waals surface area contributed by atoms with Crippen LogP contribution in [0.5, 0.6) is 0 Å². The Labute approximate surface area is 196 Å². The van der Waals surface area contributed by atoms with Crippen LogP contribution in [-0.4, -0.2) is 50.7 Å². The van der Waals surface area contributed by atoms with Gasteiger partial charge in [-0.05, 0) is 25.8 Å². The summed E-state index contributed by atoms with van der Waals surface area (Å²) in [5, 5.41) is 0.593. The maximum atomic E-state index is 6.61. The van der Waals surface area contributed by atoms with E-state index in [0.29, 0.717) is 23.1 Å². The zero-order valence-corrected chi connectivity index (χ0v) is 20.1. The maximum Gasteiger partial charge on any atom is 0.211 e. The van der Waals surface area contributed by atoms with Crippen LogP contribution < -0.4 is 16.4 Å². The number of aromatic nitrogens is 4. The van der Waals surface area contributed by atoms with Gasteiger partial charge in [0.15, 0.2) is 5.65 Å². The normalized spacial score (nSPS) is 22.2. The first-order chi connectivity index (χ1) is 15.2. The lowest BCUT2D eigenvalue weighted by Crippen LogP contribution is -2.56. The van der Waals surface area contributed by atoms with Gasteiger partial charge in [0.05, 0.1) is 27.8 Å². The molecule has 170 valence electrons. The van der Waals surface area contributed by atoms with Gasteiger partial charge in [-0.3, -0.25) is 4.40 Å². The molecule has 0 amide bonds. The van der Waals surface area contributed by atoms with Crippen LogP contribution in [0.15, 0.2) is 34.4 Å². The van der Waals surface area contributed by atoms with E-state index < -0.39 is 0 Å². The molecule has 1 atom stereocenters. The minimum absolute atomic E-state index is 0.00683. The highest BCUT2D eigenvalue weighted by molar-refractivity contribution is 7.99. The molecule has 2 fully saturated rings. The fourth-order valence-electron chi connectivity index (χ4n) is 4.80. The third-order valence-electron chi connectivity index (χ3n) is 6.74. The van der Waals surface area contributed by atoms with Crippen LogP contribution in [0.4, 0.5) is 11.8 Å². The molecule has 0 aromatic carbocycles. The van der Waals surface area contributed by atoms with Gasteiger partial charge in [-0.2, -0.15) is 0 Å². The Morgan fingerprint density at radius 3 is 2.66 bits per heavy atom. The first-order valence-electron chi connectivity index (χ1n) is 10.8. The van der Waals surface area contributed by atoms with Gasteiger partial charge in [0.2, 0.25) is 5.95 Å². The van der Waals surface area contributed by atoms with Gasteiger partial charge in [-0.1, -0.05) is 37.2 Å². The van der Waals surface area contributed by atoms with Crippen LogP contribution in [0.1, 0.15) is 32.4 Å². The molecule has 5 heterocycles. The largest absolute Gasteiger partial charge is 0.384 e. The van der Waals surface area contributed by atoms with Crippen molar-refractivity contribution >= 4 is 40.8 Å². The molecule has 4 N–H and O–H groups in total. The van der Waals surface area contributed by atoms with Crippen molar-refractivity contribution in [3.05, 3.63) is 35.4 Å². The molecule has 0 unspecified atom stereocenters. The fourth-order valence-corrected chi connectivity index (χ4v) is 6.01. The predicted molar refractivity (Wildman–Crippen MR) is 127 cm³/mol. The number of anilines is 2. The lowest BCUT2D eigenvalue weighted by molar-refractivity contribution is -0.0236. The SMILES string of the molecule is Cc1nc(N)cc(Sc2cnc(N3CCC4(CC3)OCC(C)(C)[C@H]4N)n3ccnc23)c1Cl. The molecule has 0 bridgehead atoms. The minimum atomic E-state index is -0.236. The lowest BCUT2D eigenvalue weighted by Gasteiger charge is -2.42. The summed E-state index contributed by atoms with van der Waals surface area (Å²) in [4.78, 5) is 17.6. The molecule has 32 heavy (non-hydrogen) atoms. The van der Waals surface area contributed by atoms with Gasteiger partial charge in [0.1, 0.15) is 5.82 Å². The standard InChI is InChI=1S/C22H28ClN7OS/c1-13-17(23)14(10-16(24)28-13)32-15-11-27-20(30-9-6-26-18(15)30)29-7-4-22(5-8-29)19(25)21(2,3)12-31-22/h6,9-11,19H,4-5,7-8,12,25H2,1-3H3,(H2,24,28)/t19-/m1/s1. The summed E-state index contributed by atoms with van der Waals surface area (Å²) in [6.45, 7) is 8.61. The average Bonchev–Trinajstić information content (AvgIpc) is 3.33. The summed E-state index contributed by atoms with van der Waals surface area (Å²) in [6.07, 6.45) is 7.37. The van der Waals surface area contributed by atoms with Crippen LogP contribution >= 0.6 is 23.4 Å². The number of nitrogen functional groups attached to an aromatic ring is 1. The van der Waals surface area contributed by atoms with Gasteiger partial charge in [0, 0.05) is 48.0 Å². The maximum absolute atomic E-state index is 6.61. The zero-order chi connectivity index (χ0) is 22.7. The van der Waals surface area contributed by atoms with Crippen molar-refractivity contribution in [3.63, 3.8) is 0 Å². The van der Waals surface area contributed by atoms with Gasteiger partial charge in [0.25, 0.3) is 0 Å². The number of nitrogens with two attached hydrogens (primary N) is 2. The van der Waals surface area contributed by atoms with Crippen molar-refractivity contribution in [1.82, 2.24) is 19.4 Å². The highest BCUT2D eigenvalue weighted by atomic mass is 35.5. The van der Waals surface area contributed by atoms with Gasteiger partial charge in [-0.15, -0.1) is 0 Å². The number of hydrogen-bond acceptors (Lipinski definition) is 8. The van der Waals surface area contributed by atoms with E-state index in [1.165, 1.54) is 11.8 Å². The van der Waals surface area contributed by atoms with E-state index in [4.69, 9.17) is 32.8 Å².